The molecule has 0 aromatic rings. The minimum atomic E-state index is 0.299. The average Bonchev–Trinajstić information content (AvgIpc) is 2.40. The van der Waals surface area contributed by atoms with Gasteiger partial charge < -0.3 is 0 Å². The zero-order chi connectivity index (χ0) is 16.8. The monoisotopic (exact) mass is 302 g/mol. The molecule has 0 aliphatic heterocycles. The molecule has 0 aromatic carbocycles. The Labute approximate surface area is 139 Å². The summed E-state index contributed by atoms with van der Waals surface area (Å²) in [5.74, 6) is 0.749. The summed E-state index contributed by atoms with van der Waals surface area (Å²) in [5.41, 5.74) is 3.89. The van der Waals surface area contributed by atoms with Crippen LogP contribution in [0.4, 0.5) is 0 Å². The van der Waals surface area contributed by atoms with Crippen molar-refractivity contribution in [3.63, 3.8) is 0 Å². The largest absolute Gasteiger partial charge is 0.103 e. The van der Waals surface area contributed by atoms with Gasteiger partial charge >= 0.3 is 0 Å². The van der Waals surface area contributed by atoms with E-state index in [-0.39, 0.29) is 0 Å². The minimum absolute atomic E-state index is 0.299. The minimum Gasteiger partial charge on any atom is -0.103 e. The van der Waals surface area contributed by atoms with E-state index in [2.05, 4.69) is 60.3 Å². The molecule has 0 saturated heterocycles. The van der Waals surface area contributed by atoms with E-state index < -0.39 is 0 Å². The first-order valence-electron chi connectivity index (χ1n) is 9.19. The smallest absolute Gasteiger partial charge is 0.0157 e. The van der Waals surface area contributed by atoms with Crippen LogP contribution in [0.5, 0.6) is 0 Å². The summed E-state index contributed by atoms with van der Waals surface area (Å²) in [6.45, 7) is 18.0. The summed E-state index contributed by atoms with van der Waals surface area (Å²) < 4.78 is 0. The van der Waals surface area contributed by atoms with Gasteiger partial charge in [0.05, 0.1) is 0 Å². The van der Waals surface area contributed by atoms with E-state index in [9.17, 15) is 0 Å². The maximum Gasteiger partial charge on any atom is -0.0157 e. The molecule has 0 saturated carbocycles. The number of allylic oxidation sites excluding steroid dienone is 5. The van der Waals surface area contributed by atoms with Gasteiger partial charge in [-0.15, -0.1) is 6.58 Å². The van der Waals surface area contributed by atoms with Crippen molar-refractivity contribution in [2.24, 2.45) is 16.7 Å². The van der Waals surface area contributed by atoms with E-state index in [4.69, 9.17) is 0 Å². The van der Waals surface area contributed by atoms with E-state index in [1.807, 2.05) is 6.08 Å². The standard InChI is InChI=1S/C22H38/c1-8-9-10-11-12-13-14-18-17-19(21(2,3)4)15-16-20(18)22(5,6)7/h8,15-16,18H,1,9-14,17H2,2-7H3. The second-order valence-corrected chi connectivity index (χ2v) is 9.00. The first kappa shape index (κ1) is 19.3. The number of hydrogen-bond donors (Lipinski definition) is 0. The molecule has 0 spiro atoms. The second-order valence-electron chi connectivity index (χ2n) is 9.00. The lowest BCUT2D eigenvalue weighted by molar-refractivity contribution is 0.362. The third-order valence-electron chi connectivity index (χ3n) is 4.91. The van der Waals surface area contributed by atoms with Crippen LogP contribution in [0.25, 0.3) is 0 Å². The molecule has 0 aromatic heterocycles. The molecule has 1 unspecified atom stereocenters. The molecule has 0 fully saturated rings. The normalized spacial score (nSPS) is 19.6. The maximum absolute atomic E-state index is 3.81. The SMILES string of the molecule is C=CCCCCCCC1CC(C(C)(C)C)=CC=C1C(C)(C)C. The van der Waals surface area contributed by atoms with E-state index in [0.29, 0.717) is 10.8 Å². The molecule has 22 heavy (non-hydrogen) atoms. The van der Waals surface area contributed by atoms with Crippen LogP contribution in [0.15, 0.2) is 36.0 Å². The van der Waals surface area contributed by atoms with E-state index in [1.165, 1.54) is 44.9 Å². The second kappa shape index (κ2) is 8.18. The molecule has 1 aliphatic carbocycles. The zero-order valence-corrected chi connectivity index (χ0v) is 16.0. The molecule has 0 N–H and O–H groups in total. The molecule has 126 valence electrons. The van der Waals surface area contributed by atoms with Crippen molar-refractivity contribution in [1.29, 1.82) is 0 Å². The molecular weight excluding hydrogens is 264 g/mol. The Kier molecular flexibility index (Phi) is 7.16. The Morgan fingerprint density at radius 2 is 1.59 bits per heavy atom. The van der Waals surface area contributed by atoms with Gasteiger partial charge in [-0.2, -0.15) is 0 Å². The third kappa shape index (κ3) is 6.15. The lowest BCUT2D eigenvalue weighted by Gasteiger charge is -2.37. The average molecular weight is 303 g/mol. The Hall–Kier alpha value is -0.780. The van der Waals surface area contributed by atoms with Gasteiger partial charge in [-0.1, -0.05) is 90.2 Å². The molecule has 0 nitrogen and oxygen atoms in total. The molecule has 0 amide bonds. The van der Waals surface area contributed by atoms with Crippen LogP contribution in [0, 0.1) is 16.7 Å². The highest BCUT2D eigenvalue weighted by atomic mass is 14.4. The summed E-state index contributed by atoms with van der Waals surface area (Å²) in [6, 6.07) is 0. The van der Waals surface area contributed by atoms with Crippen LogP contribution in [-0.4, -0.2) is 0 Å². The number of unbranched alkanes of at least 4 members (excludes halogenated alkanes) is 4. The Morgan fingerprint density at radius 1 is 0.955 bits per heavy atom. The van der Waals surface area contributed by atoms with Crippen molar-refractivity contribution < 1.29 is 0 Å². The fourth-order valence-corrected chi connectivity index (χ4v) is 3.48. The lowest BCUT2D eigenvalue weighted by Crippen LogP contribution is -2.24. The first-order chi connectivity index (χ1) is 10.2. The van der Waals surface area contributed by atoms with Crippen LogP contribution >= 0.6 is 0 Å². The van der Waals surface area contributed by atoms with Gasteiger partial charge in [0.1, 0.15) is 0 Å². The highest BCUT2D eigenvalue weighted by Crippen LogP contribution is 2.43. The predicted octanol–water partition coefficient (Wildman–Crippen LogP) is 7.48. The van der Waals surface area contributed by atoms with Gasteiger partial charge in [-0.3, -0.25) is 0 Å². The molecule has 1 aliphatic rings. The van der Waals surface area contributed by atoms with Gasteiger partial charge in [-0.05, 0) is 42.4 Å². The third-order valence-corrected chi connectivity index (χ3v) is 4.91. The predicted molar refractivity (Wildman–Crippen MR) is 101 cm³/mol. The van der Waals surface area contributed by atoms with Gasteiger partial charge in [-0.25, -0.2) is 0 Å². The van der Waals surface area contributed by atoms with Crippen molar-refractivity contribution in [2.75, 3.05) is 0 Å². The summed E-state index contributed by atoms with van der Waals surface area (Å²) >= 11 is 0. The molecule has 0 heterocycles. The molecule has 0 heteroatoms. The molecule has 0 bridgehead atoms. The highest BCUT2D eigenvalue weighted by molar-refractivity contribution is 5.32. The molecule has 1 rings (SSSR count). The first-order valence-corrected chi connectivity index (χ1v) is 9.19. The molecule has 0 radical (unpaired) electrons. The Bertz CT molecular complexity index is 406. The topological polar surface area (TPSA) is 0 Å². The van der Waals surface area contributed by atoms with Crippen LogP contribution < -0.4 is 0 Å². The molecular formula is C22H38. The van der Waals surface area contributed by atoms with Crippen molar-refractivity contribution in [1.82, 2.24) is 0 Å². The molecule has 1 atom stereocenters. The number of rotatable bonds is 7. The summed E-state index contributed by atoms with van der Waals surface area (Å²) in [5, 5.41) is 0. The van der Waals surface area contributed by atoms with Crippen LogP contribution in [0.2, 0.25) is 0 Å². The Balaban J connectivity index is 2.64. The van der Waals surface area contributed by atoms with Crippen molar-refractivity contribution in [2.45, 2.75) is 86.5 Å². The van der Waals surface area contributed by atoms with Gasteiger partial charge in [0.15, 0.2) is 0 Å². The fraction of sp³-hybridized carbons (Fsp3) is 0.727. The lowest BCUT2D eigenvalue weighted by atomic mass is 9.68. The maximum atomic E-state index is 3.81. The van der Waals surface area contributed by atoms with E-state index in [1.54, 1.807) is 11.1 Å². The highest BCUT2D eigenvalue weighted by Gasteiger charge is 2.30. The van der Waals surface area contributed by atoms with Crippen LogP contribution in [0.1, 0.15) is 86.5 Å². The van der Waals surface area contributed by atoms with Gasteiger partial charge in [0.2, 0.25) is 0 Å². The zero-order valence-electron chi connectivity index (χ0n) is 16.0. The van der Waals surface area contributed by atoms with E-state index >= 15 is 0 Å². The summed E-state index contributed by atoms with van der Waals surface area (Å²) in [7, 11) is 0. The van der Waals surface area contributed by atoms with E-state index in [0.717, 1.165) is 5.92 Å². The van der Waals surface area contributed by atoms with Gasteiger partial charge in [0.25, 0.3) is 0 Å². The van der Waals surface area contributed by atoms with Crippen molar-refractivity contribution >= 4 is 0 Å². The van der Waals surface area contributed by atoms with Crippen molar-refractivity contribution in [3.05, 3.63) is 36.0 Å². The van der Waals surface area contributed by atoms with Crippen LogP contribution in [-0.2, 0) is 0 Å². The Morgan fingerprint density at radius 3 is 2.14 bits per heavy atom. The fourth-order valence-electron chi connectivity index (χ4n) is 3.48. The number of hydrogen-bond acceptors (Lipinski definition) is 0. The van der Waals surface area contributed by atoms with Gasteiger partial charge in [0, 0.05) is 0 Å². The quantitative estimate of drug-likeness (QED) is 0.338. The van der Waals surface area contributed by atoms with Crippen LogP contribution in [0.3, 0.4) is 0 Å². The summed E-state index contributed by atoms with van der Waals surface area (Å²) in [4.78, 5) is 0. The van der Waals surface area contributed by atoms with Crippen molar-refractivity contribution in [3.8, 4) is 0 Å². The summed E-state index contributed by atoms with van der Waals surface area (Å²) in [6.07, 6.45) is 16.1.